The van der Waals surface area contributed by atoms with Crippen molar-refractivity contribution in [1.29, 1.82) is 0 Å². The lowest BCUT2D eigenvalue weighted by Crippen LogP contribution is -2.43. The number of piperidine rings is 1. The van der Waals surface area contributed by atoms with Crippen LogP contribution in [0.25, 0.3) is 0 Å². The normalized spacial score (nSPS) is 21.9. The smallest absolute Gasteiger partial charge is 0.246 e. The van der Waals surface area contributed by atoms with Gasteiger partial charge in [-0.15, -0.1) is 0 Å². The molecule has 1 aromatic heterocycles. The Balaban J connectivity index is 2.22. The number of hydrogen-bond donors (Lipinski definition) is 1. The van der Waals surface area contributed by atoms with Crippen molar-refractivity contribution < 1.29 is 13.2 Å². The van der Waals surface area contributed by atoms with Gasteiger partial charge in [0.1, 0.15) is 4.90 Å². The van der Waals surface area contributed by atoms with Crippen molar-refractivity contribution >= 4 is 15.9 Å². The Labute approximate surface area is 106 Å². The Morgan fingerprint density at radius 2 is 2.28 bits per heavy atom. The summed E-state index contributed by atoms with van der Waals surface area (Å²) in [4.78, 5) is 11.3. The summed E-state index contributed by atoms with van der Waals surface area (Å²) in [5.41, 5.74) is 5.24. The molecule has 0 radical (unpaired) electrons. The maximum Gasteiger partial charge on any atom is 0.246 e. The summed E-state index contributed by atoms with van der Waals surface area (Å²) < 4.78 is 27.3. The zero-order chi connectivity index (χ0) is 13.3. The summed E-state index contributed by atoms with van der Waals surface area (Å²) in [5.74, 6) is -0.841. The number of rotatable bonds is 3. The highest BCUT2D eigenvalue weighted by Crippen LogP contribution is 2.23. The third-order valence-corrected chi connectivity index (χ3v) is 4.92. The van der Waals surface area contributed by atoms with E-state index in [-0.39, 0.29) is 11.4 Å². The molecule has 8 heteroatoms. The highest BCUT2D eigenvalue weighted by molar-refractivity contribution is 7.89. The molecule has 0 saturated carbocycles. The van der Waals surface area contributed by atoms with Gasteiger partial charge in [-0.2, -0.15) is 9.40 Å². The summed E-state index contributed by atoms with van der Waals surface area (Å²) in [5, 5.41) is 3.85. The van der Waals surface area contributed by atoms with Crippen molar-refractivity contribution in [2.24, 2.45) is 18.7 Å². The highest BCUT2D eigenvalue weighted by Gasteiger charge is 2.32. The largest absolute Gasteiger partial charge is 0.369 e. The van der Waals surface area contributed by atoms with Gasteiger partial charge in [0, 0.05) is 26.3 Å². The summed E-state index contributed by atoms with van der Waals surface area (Å²) in [7, 11) is -1.91. The molecule has 0 spiro atoms. The fourth-order valence-corrected chi connectivity index (χ4v) is 3.58. The number of nitrogens with zero attached hydrogens (tertiary/aromatic N) is 3. The summed E-state index contributed by atoms with van der Waals surface area (Å²) in [6.45, 7) is 0.577. The van der Waals surface area contributed by atoms with Crippen molar-refractivity contribution in [1.82, 2.24) is 14.1 Å². The molecule has 0 aromatic carbocycles. The van der Waals surface area contributed by atoms with Crippen molar-refractivity contribution in [3.63, 3.8) is 0 Å². The van der Waals surface area contributed by atoms with Gasteiger partial charge in [-0.1, -0.05) is 0 Å². The Morgan fingerprint density at radius 1 is 1.56 bits per heavy atom. The summed E-state index contributed by atoms with van der Waals surface area (Å²) in [6.07, 6.45) is 4.05. The van der Waals surface area contributed by atoms with Crippen LogP contribution >= 0.6 is 0 Å². The van der Waals surface area contributed by atoms with Gasteiger partial charge in [-0.3, -0.25) is 9.48 Å². The van der Waals surface area contributed by atoms with E-state index in [4.69, 9.17) is 5.73 Å². The van der Waals surface area contributed by atoms with Gasteiger partial charge < -0.3 is 5.73 Å². The Morgan fingerprint density at radius 3 is 2.83 bits per heavy atom. The number of primary amides is 1. The van der Waals surface area contributed by atoms with E-state index in [1.807, 2.05) is 0 Å². The molecular formula is C10H16N4O3S. The van der Waals surface area contributed by atoms with E-state index >= 15 is 0 Å². The van der Waals surface area contributed by atoms with Gasteiger partial charge >= 0.3 is 0 Å². The van der Waals surface area contributed by atoms with Gasteiger partial charge in [-0.25, -0.2) is 8.42 Å². The molecule has 1 aliphatic heterocycles. The van der Waals surface area contributed by atoms with Crippen LogP contribution in [0.5, 0.6) is 0 Å². The van der Waals surface area contributed by atoms with Crippen LogP contribution in [0, 0.1) is 5.92 Å². The molecule has 100 valence electrons. The average molecular weight is 272 g/mol. The molecule has 7 nitrogen and oxygen atoms in total. The van der Waals surface area contributed by atoms with Crippen LogP contribution in [-0.4, -0.2) is 41.5 Å². The number of nitrogens with two attached hydrogens (primary N) is 1. The number of aryl methyl sites for hydroxylation is 1. The number of carbonyl (C=O) groups excluding carboxylic acids is 1. The van der Waals surface area contributed by atoms with Crippen LogP contribution in [0.4, 0.5) is 0 Å². The maximum atomic E-state index is 12.3. The molecule has 18 heavy (non-hydrogen) atoms. The standard InChI is InChI=1S/C10H16N4O3S/c1-13-7-9(5-12-13)18(16,17)14-4-2-3-8(6-14)10(11)15/h5,7-8H,2-4,6H2,1H3,(H2,11,15)/t8-/m1/s1. The van der Waals surface area contributed by atoms with Crippen molar-refractivity contribution in [3.8, 4) is 0 Å². The van der Waals surface area contributed by atoms with E-state index in [1.54, 1.807) is 7.05 Å². The minimum Gasteiger partial charge on any atom is -0.369 e. The first kappa shape index (κ1) is 13.0. The summed E-state index contributed by atoms with van der Waals surface area (Å²) >= 11 is 0. The second kappa shape index (κ2) is 4.69. The Bertz CT molecular complexity index is 551. The third kappa shape index (κ3) is 2.39. The first-order valence-electron chi connectivity index (χ1n) is 5.69. The third-order valence-electron chi connectivity index (χ3n) is 3.11. The van der Waals surface area contributed by atoms with E-state index in [2.05, 4.69) is 5.10 Å². The molecule has 2 heterocycles. The SMILES string of the molecule is Cn1cc(S(=O)(=O)N2CCC[C@@H](C(N)=O)C2)cn1. The predicted molar refractivity (Wildman–Crippen MR) is 63.9 cm³/mol. The molecule has 0 unspecified atom stereocenters. The molecule has 0 aliphatic carbocycles. The van der Waals surface area contributed by atoms with Crippen LogP contribution in [0.2, 0.25) is 0 Å². The van der Waals surface area contributed by atoms with Crippen molar-refractivity contribution in [2.45, 2.75) is 17.7 Å². The minimum atomic E-state index is -3.57. The van der Waals surface area contributed by atoms with Crippen LogP contribution < -0.4 is 5.73 Å². The van der Waals surface area contributed by atoms with E-state index in [0.29, 0.717) is 19.4 Å². The fourth-order valence-electron chi connectivity index (χ4n) is 2.07. The van der Waals surface area contributed by atoms with E-state index in [9.17, 15) is 13.2 Å². The molecule has 1 aliphatic rings. The molecule has 2 N–H and O–H groups in total. The molecular weight excluding hydrogens is 256 g/mol. The minimum absolute atomic E-state index is 0.148. The van der Waals surface area contributed by atoms with Crippen molar-refractivity contribution in [2.75, 3.05) is 13.1 Å². The quantitative estimate of drug-likeness (QED) is 0.787. The van der Waals surface area contributed by atoms with Crippen molar-refractivity contribution in [3.05, 3.63) is 12.4 Å². The molecule has 1 amide bonds. The number of hydrogen-bond acceptors (Lipinski definition) is 4. The lowest BCUT2D eigenvalue weighted by Gasteiger charge is -2.29. The topological polar surface area (TPSA) is 98.3 Å². The number of amides is 1. The molecule has 1 atom stereocenters. The van der Waals surface area contributed by atoms with Crippen LogP contribution in [-0.2, 0) is 21.9 Å². The second-order valence-corrected chi connectivity index (χ2v) is 6.39. The monoisotopic (exact) mass is 272 g/mol. The van der Waals surface area contributed by atoms with Crippen LogP contribution in [0.3, 0.4) is 0 Å². The Kier molecular flexibility index (Phi) is 3.40. The first-order valence-corrected chi connectivity index (χ1v) is 7.13. The lowest BCUT2D eigenvalue weighted by atomic mass is 9.99. The zero-order valence-corrected chi connectivity index (χ0v) is 10.9. The summed E-state index contributed by atoms with van der Waals surface area (Å²) in [6, 6.07) is 0. The highest BCUT2D eigenvalue weighted by atomic mass is 32.2. The lowest BCUT2D eigenvalue weighted by molar-refractivity contribution is -0.122. The van der Waals surface area contributed by atoms with Gasteiger partial charge in [0.2, 0.25) is 15.9 Å². The second-order valence-electron chi connectivity index (χ2n) is 4.45. The van der Waals surface area contributed by atoms with E-state index in [0.717, 1.165) is 0 Å². The first-order chi connectivity index (χ1) is 8.41. The average Bonchev–Trinajstić information content (AvgIpc) is 2.77. The number of sulfonamides is 1. The van der Waals surface area contributed by atoms with Crippen LogP contribution in [0.1, 0.15) is 12.8 Å². The van der Waals surface area contributed by atoms with E-state index < -0.39 is 21.8 Å². The van der Waals surface area contributed by atoms with Gasteiger partial charge in [-0.05, 0) is 12.8 Å². The number of aromatic nitrogens is 2. The molecule has 1 fully saturated rings. The zero-order valence-electron chi connectivity index (χ0n) is 10.1. The van der Waals surface area contributed by atoms with Gasteiger partial charge in [0.05, 0.1) is 12.1 Å². The van der Waals surface area contributed by atoms with E-state index in [1.165, 1.54) is 21.4 Å². The van der Waals surface area contributed by atoms with Gasteiger partial charge in [0.15, 0.2) is 0 Å². The predicted octanol–water partition coefficient (Wildman–Crippen LogP) is -0.694. The molecule has 2 rings (SSSR count). The number of carbonyl (C=O) groups is 1. The fraction of sp³-hybridized carbons (Fsp3) is 0.600. The molecule has 1 aromatic rings. The maximum absolute atomic E-state index is 12.3. The molecule has 0 bridgehead atoms. The molecule has 1 saturated heterocycles. The Hall–Kier alpha value is -1.41. The van der Waals surface area contributed by atoms with Gasteiger partial charge in [0.25, 0.3) is 0 Å². The van der Waals surface area contributed by atoms with Crippen LogP contribution in [0.15, 0.2) is 17.3 Å².